The second kappa shape index (κ2) is 5.99. The lowest BCUT2D eigenvalue weighted by Gasteiger charge is -2.25. The van der Waals surface area contributed by atoms with Crippen LogP contribution in [0.15, 0.2) is 12.1 Å². The van der Waals surface area contributed by atoms with E-state index in [1.807, 2.05) is 0 Å². The highest BCUT2D eigenvalue weighted by molar-refractivity contribution is 5.94. The summed E-state index contributed by atoms with van der Waals surface area (Å²) in [5.74, 6) is -1.25. The lowest BCUT2D eigenvalue weighted by Crippen LogP contribution is -2.27. The molecule has 0 atom stereocenters. The molecule has 0 radical (unpaired) electrons. The highest BCUT2D eigenvalue weighted by atomic mass is 19.1. The van der Waals surface area contributed by atoms with E-state index in [4.69, 9.17) is 0 Å². The molecule has 2 rings (SSSR count). The van der Waals surface area contributed by atoms with Gasteiger partial charge in [-0.15, -0.1) is 0 Å². The zero-order chi connectivity index (χ0) is 13.8. The average Bonchev–Trinajstić information content (AvgIpc) is 2.31. The molecule has 5 heteroatoms. The van der Waals surface area contributed by atoms with Crippen LogP contribution in [0.4, 0.5) is 14.5 Å². The summed E-state index contributed by atoms with van der Waals surface area (Å²) >= 11 is 0. The summed E-state index contributed by atoms with van der Waals surface area (Å²) < 4.78 is 27.0. The minimum atomic E-state index is -0.758. The number of hydrogen-bond donors (Lipinski definition) is 2. The summed E-state index contributed by atoms with van der Waals surface area (Å²) in [5.41, 5.74) is -0.200. The van der Waals surface area contributed by atoms with E-state index in [-0.39, 0.29) is 11.3 Å². The Labute approximate surface area is 111 Å². The molecule has 0 spiro atoms. The van der Waals surface area contributed by atoms with Crippen LogP contribution in [-0.4, -0.2) is 19.5 Å². The predicted octanol–water partition coefficient (Wildman–Crippen LogP) is 2.93. The number of carbonyl (C=O) groups excluding carboxylic acids is 1. The smallest absolute Gasteiger partial charge is 0.251 e. The quantitative estimate of drug-likeness (QED) is 0.862. The molecule has 0 heterocycles. The van der Waals surface area contributed by atoms with E-state index in [1.165, 1.54) is 26.3 Å². The summed E-state index contributed by atoms with van der Waals surface area (Å²) in [5, 5.41) is 5.12. The van der Waals surface area contributed by atoms with Gasteiger partial charge in [0.15, 0.2) is 0 Å². The Morgan fingerprint density at radius 1 is 1.32 bits per heavy atom. The molecule has 1 aromatic carbocycles. The van der Waals surface area contributed by atoms with Gasteiger partial charge in [-0.25, -0.2) is 8.78 Å². The summed E-state index contributed by atoms with van der Waals surface area (Å²) in [6, 6.07) is 2.10. The first-order chi connectivity index (χ1) is 9.11. The van der Waals surface area contributed by atoms with E-state index < -0.39 is 17.5 Å². The molecule has 1 aromatic rings. The molecule has 19 heavy (non-hydrogen) atoms. The summed E-state index contributed by atoms with van der Waals surface area (Å²) in [4.78, 5) is 11.8. The molecular formula is C14H18F2N2O. The normalized spacial score (nSPS) is 14.9. The van der Waals surface area contributed by atoms with Gasteiger partial charge in [0.05, 0.1) is 0 Å². The first-order valence-corrected chi connectivity index (χ1v) is 6.57. The van der Waals surface area contributed by atoms with Crippen LogP contribution < -0.4 is 10.6 Å². The van der Waals surface area contributed by atoms with Gasteiger partial charge in [-0.3, -0.25) is 4.79 Å². The Hall–Kier alpha value is -1.65. The maximum absolute atomic E-state index is 13.5. The fourth-order valence-electron chi connectivity index (χ4n) is 2.22. The zero-order valence-electron chi connectivity index (χ0n) is 10.9. The average molecular weight is 268 g/mol. The van der Waals surface area contributed by atoms with E-state index in [0.29, 0.717) is 12.5 Å². The van der Waals surface area contributed by atoms with E-state index in [9.17, 15) is 13.6 Å². The standard InChI is InChI=1S/C14H18F2N2O/c1-17-13-11(15)7-10(8-12(13)16)14(19)18-6-5-9-3-2-4-9/h7-9,17H,2-6H2,1H3,(H,18,19). The van der Waals surface area contributed by atoms with Gasteiger partial charge < -0.3 is 10.6 Å². The number of benzene rings is 1. The van der Waals surface area contributed by atoms with E-state index in [1.54, 1.807) is 0 Å². The van der Waals surface area contributed by atoms with Crippen LogP contribution in [0.5, 0.6) is 0 Å². The zero-order valence-corrected chi connectivity index (χ0v) is 10.9. The van der Waals surface area contributed by atoms with Gasteiger partial charge >= 0.3 is 0 Å². The topological polar surface area (TPSA) is 41.1 Å². The van der Waals surface area contributed by atoms with Gasteiger partial charge in [-0.1, -0.05) is 19.3 Å². The van der Waals surface area contributed by atoms with Crippen LogP contribution in [0, 0.1) is 17.6 Å². The van der Waals surface area contributed by atoms with Crippen molar-refractivity contribution < 1.29 is 13.6 Å². The third kappa shape index (κ3) is 3.22. The van der Waals surface area contributed by atoms with Crippen LogP contribution in [0.1, 0.15) is 36.0 Å². The minimum absolute atomic E-state index is 0.0163. The molecule has 0 aromatic heterocycles. The molecule has 0 saturated heterocycles. The Balaban J connectivity index is 1.94. The van der Waals surface area contributed by atoms with Crippen molar-refractivity contribution in [3.05, 3.63) is 29.3 Å². The van der Waals surface area contributed by atoms with Crippen molar-refractivity contribution in [1.82, 2.24) is 5.32 Å². The number of nitrogens with one attached hydrogen (secondary N) is 2. The first kappa shape index (κ1) is 13.8. The number of amides is 1. The minimum Gasteiger partial charge on any atom is -0.383 e. The second-order valence-corrected chi connectivity index (χ2v) is 4.91. The first-order valence-electron chi connectivity index (χ1n) is 6.57. The number of rotatable bonds is 5. The molecule has 0 unspecified atom stereocenters. The van der Waals surface area contributed by atoms with Crippen LogP contribution >= 0.6 is 0 Å². The van der Waals surface area contributed by atoms with Crippen molar-refractivity contribution in [1.29, 1.82) is 0 Å². The third-order valence-corrected chi connectivity index (χ3v) is 3.62. The molecule has 104 valence electrons. The monoisotopic (exact) mass is 268 g/mol. The number of carbonyl (C=O) groups is 1. The SMILES string of the molecule is CNc1c(F)cc(C(=O)NCCC2CCC2)cc1F. The summed E-state index contributed by atoms with van der Waals surface area (Å²) in [7, 11) is 1.43. The molecule has 3 nitrogen and oxygen atoms in total. The predicted molar refractivity (Wildman–Crippen MR) is 70.2 cm³/mol. The number of hydrogen-bond acceptors (Lipinski definition) is 2. The molecule has 0 aliphatic heterocycles. The molecule has 1 aliphatic rings. The molecule has 1 saturated carbocycles. The molecule has 2 N–H and O–H groups in total. The third-order valence-electron chi connectivity index (χ3n) is 3.62. The van der Waals surface area contributed by atoms with Crippen molar-refractivity contribution in [3.8, 4) is 0 Å². The maximum atomic E-state index is 13.5. The van der Waals surface area contributed by atoms with E-state index in [2.05, 4.69) is 10.6 Å². The van der Waals surface area contributed by atoms with Crippen LogP contribution in [0.25, 0.3) is 0 Å². The fraction of sp³-hybridized carbons (Fsp3) is 0.500. The van der Waals surface area contributed by atoms with Gasteiger partial charge in [0.2, 0.25) is 0 Å². The van der Waals surface area contributed by atoms with Crippen molar-refractivity contribution in [2.75, 3.05) is 18.9 Å². The second-order valence-electron chi connectivity index (χ2n) is 4.91. The van der Waals surface area contributed by atoms with Crippen LogP contribution in [0.2, 0.25) is 0 Å². The van der Waals surface area contributed by atoms with Gasteiger partial charge in [-0.05, 0) is 24.5 Å². The summed E-state index contributed by atoms with van der Waals surface area (Å²) in [6.07, 6.45) is 4.64. The molecule has 1 amide bonds. The van der Waals surface area contributed by atoms with Gasteiger partial charge in [0.25, 0.3) is 5.91 Å². The molecule has 0 bridgehead atoms. The van der Waals surface area contributed by atoms with Crippen molar-refractivity contribution in [2.45, 2.75) is 25.7 Å². The van der Waals surface area contributed by atoms with E-state index >= 15 is 0 Å². The Morgan fingerprint density at radius 3 is 2.42 bits per heavy atom. The molecule has 1 fully saturated rings. The van der Waals surface area contributed by atoms with Crippen LogP contribution in [0.3, 0.4) is 0 Å². The number of halogens is 2. The van der Waals surface area contributed by atoms with Gasteiger partial charge in [0, 0.05) is 19.2 Å². The fourth-order valence-corrected chi connectivity index (χ4v) is 2.22. The van der Waals surface area contributed by atoms with Crippen molar-refractivity contribution >= 4 is 11.6 Å². The van der Waals surface area contributed by atoms with Crippen LogP contribution in [-0.2, 0) is 0 Å². The number of anilines is 1. The maximum Gasteiger partial charge on any atom is 0.251 e. The Morgan fingerprint density at radius 2 is 1.95 bits per heavy atom. The highest BCUT2D eigenvalue weighted by Gasteiger charge is 2.18. The highest BCUT2D eigenvalue weighted by Crippen LogP contribution is 2.28. The molecular weight excluding hydrogens is 250 g/mol. The lowest BCUT2D eigenvalue weighted by atomic mass is 9.83. The van der Waals surface area contributed by atoms with E-state index in [0.717, 1.165) is 18.6 Å². The van der Waals surface area contributed by atoms with Gasteiger partial charge in [0.1, 0.15) is 17.3 Å². The largest absolute Gasteiger partial charge is 0.383 e. The van der Waals surface area contributed by atoms with Gasteiger partial charge in [-0.2, -0.15) is 0 Å². The van der Waals surface area contributed by atoms with Crippen molar-refractivity contribution in [3.63, 3.8) is 0 Å². The molecule has 1 aliphatic carbocycles. The summed E-state index contributed by atoms with van der Waals surface area (Å²) in [6.45, 7) is 0.556. The Bertz CT molecular complexity index is 450. The lowest BCUT2D eigenvalue weighted by molar-refractivity contribution is 0.0948. The Kier molecular flexibility index (Phi) is 4.35. The van der Waals surface area contributed by atoms with Crippen molar-refractivity contribution in [2.24, 2.45) is 5.92 Å².